The lowest BCUT2D eigenvalue weighted by atomic mass is 10.00. The van der Waals surface area contributed by atoms with Gasteiger partial charge < -0.3 is 14.4 Å². The molecule has 1 aliphatic carbocycles. The second-order valence-corrected chi connectivity index (χ2v) is 6.85. The van der Waals surface area contributed by atoms with Gasteiger partial charge in [0.25, 0.3) is 0 Å². The highest BCUT2D eigenvalue weighted by atomic mass is 16.4. The molecule has 4 rings (SSSR count). The molecule has 126 valence electrons. The summed E-state index contributed by atoms with van der Waals surface area (Å²) in [7, 11) is 0. The highest BCUT2D eigenvalue weighted by Crippen LogP contribution is 2.31. The Balaban J connectivity index is 1.59. The molecule has 1 amide bonds. The standard InChI is InChI=1S/C19H21NO4/c21-18(20-7-2-1-6-16(20)19(22)23)10-14-11-24-17-9-13-5-3-4-12(13)8-15(14)17/h8-9,11,16H,1-7,10H2,(H,22,23). The molecule has 1 fully saturated rings. The zero-order valence-corrected chi connectivity index (χ0v) is 13.6. The second kappa shape index (κ2) is 5.96. The molecule has 0 radical (unpaired) electrons. The fourth-order valence-corrected chi connectivity index (χ4v) is 4.04. The van der Waals surface area contributed by atoms with Crippen LogP contribution < -0.4 is 0 Å². The van der Waals surface area contributed by atoms with E-state index in [0.29, 0.717) is 13.0 Å². The number of hydrogen-bond acceptors (Lipinski definition) is 3. The molecule has 5 nitrogen and oxygen atoms in total. The molecule has 0 bridgehead atoms. The third-order valence-corrected chi connectivity index (χ3v) is 5.32. The number of carbonyl (C=O) groups is 2. The monoisotopic (exact) mass is 327 g/mol. The predicted molar refractivity (Wildman–Crippen MR) is 88.9 cm³/mol. The Kier molecular flexibility index (Phi) is 3.79. The van der Waals surface area contributed by atoms with Crippen LogP contribution in [0.3, 0.4) is 0 Å². The first-order valence-electron chi connectivity index (χ1n) is 8.67. The third kappa shape index (κ3) is 2.58. The number of fused-ring (bicyclic) bond motifs is 2. The number of piperidine rings is 1. The molecule has 5 heteroatoms. The zero-order chi connectivity index (χ0) is 16.7. The lowest BCUT2D eigenvalue weighted by Crippen LogP contribution is -2.48. The van der Waals surface area contributed by atoms with Crippen LogP contribution in [0.2, 0.25) is 0 Å². The first-order valence-corrected chi connectivity index (χ1v) is 8.67. The van der Waals surface area contributed by atoms with Gasteiger partial charge in [0.05, 0.1) is 12.7 Å². The van der Waals surface area contributed by atoms with Gasteiger partial charge in [0, 0.05) is 17.5 Å². The van der Waals surface area contributed by atoms with Crippen LogP contribution in [0.25, 0.3) is 11.0 Å². The number of carbonyl (C=O) groups excluding carboxylic acids is 1. The molecule has 1 N–H and O–H groups in total. The van der Waals surface area contributed by atoms with E-state index in [0.717, 1.165) is 42.2 Å². The van der Waals surface area contributed by atoms with E-state index in [1.165, 1.54) is 22.4 Å². The molecule has 2 aliphatic rings. The summed E-state index contributed by atoms with van der Waals surface area (Å²) in [6.07, 6.45) is 7.47. The Morgan fingerprint density at radius 1 is 1.17 bits per heavy atom. The summed E-state index contributed by atoms with van der Waals surface area (Å²) in [6, 6.07) is 3.55. The van der Waals surface area contributed by atoms with Crippen molar-refractivity contribution in [2.24, 2.45) is 0 Å². The van der Waals surface area contributed by atoms with Gasteiger partial charge in [-0.2, -0.15) is 0 Å². The van der Waals surface area contributed by atoms with Crippen LogP contribution in [-0.4, -0.2) is 34.5 Å². The molecule has 0 saturated carbocycles. The number of aryl methyl sites for hydroxylation is 2. The second-order valence-electron chi connectivity index (χ2n) is 6.85. The minimum absolute atomic E-state index is 0.120. The summed E-state index contributed by atoms with van der Waals surface area (Å²) in [6.45, 7) is 0.529. The fraction of sp³-hybridized carbons (Fsp3) is 0.474. The summed E-state index contributed by atoms with van der Waals surface area (Å²) in [5, 5.41) is 10.3. The summed E-state index contributed by atoms with van der Waals surface area (Å²) in [5.41, 5.74) is 4.38. The third-order valence-electron chi connectivity index (χ3n) is 5.32. The average Bonchev–Trinajstić information content (AvgIpc) is 3.19. The zero-order valence-electron chi connectivity index (χ0n) is 13.6. The van der Waals surface area contributed by atoms with E-state index >= 15 is 0 Å². The van der Waals surface area contributed by atoms with E-state index < -0.39 is 12.0 Å². The van der Waals surface area contributed by atoms with Gasteiger partial charge in [0.2, 0.25) is 5.91 Å². The number of carboxylic acid groups (broad SMARTS) is 1. The summed E-state index contributed by atoms with van der Waals surface area (Å²) < 4.78 is 5.65. The number of furan rings is 1. The molecule has 0 spiro atoms. The van der Waals surface area contributed by atoms with Crippen molar-refractivity contribution in [3.63, 3.8) is 0 Å². The number of carboxylic acids is 1. The van der Waals surface area contributed by atoms with Crippen molar-refractivity contribution in [1.82, 2.24) is 4.90 Å². The minimum Gasteiger partial charge on any atom is -0.480 e. The SMILES string of the molecule is O=C(O)C1CCCCN1C(=O)Cc1coc2cc3c(cc12)CCC3. The number of benzene rings is 1. The van der Waals surface area contributed by atoms with Gasteiger partial charge in [-0.15, -0.1) is 0 Å². The average molecular weight is 327 g/mol. The maximum absolute atomic E-state index is 12.7. The molecule has 1 aromatic heterocycles. The topological polar surface area (TPSA) is 70.8 Å². The first-order chi connectivity index (χ1) is 11.6. The largest absolute Gasteiger partial charge is 0.480 e. The van der Waals surface area contributed by atoms with E-state index in [1.54, 1.807) is 6.26 Å². The van der Waals surface area contributed by atoms with E-state index in [2.05, 4.69) is 12.1 Å². The molecule has 1 unspecified atom stereocenters. The van der Waals surface area contributed by atoms with E-state index in [4.69, 9.17) is 4.42 Å². The quantitative estimate of drug-likeness (QED) is 0.941. The van der Waals surface area contributed by atoms with Crippen molar-refractivity contribution >= 4 is 22.8 Å². The van der Waals surface area contributed by atoms with Crippen LogP contribution in [0, 0.1) is 0 Å². The van der Waals surface area contributed by atoms with Gasteiger partial charge in [0.1, 0.15) is 11.6 Å². The van der Waals surface area contributed by atoms with Gasteiger partial charge in [-0.25, -0.2) is 4.79 Å². The van der Waals surface area contributed by atoms with Crippen LogP contribution >= 0.6 is 0 Å². The molecule has 1 aliphatic heterocycles. The van der Waals surface area contributed by atoms with Gasteiger partial charge in [-0.3, -0.25) is 4.79 Å². The molecular weight excluding hydrogens is 306 g/mol. The van der Waals surface area contributed by atoms with Crippen LogP contribution in [0.15, 0.2) is 22.8 Å². The summed E-state index contributed by atoms with van der Waals surface area (Å²) in [4.78, 5) is 25.6. The van der Waals surface area contributed by atoms with Crippen molar-refractivity contribution in [2.45, 2.75) is 51.0 Å². The Morgan fingerprint density at radius 2 is 1.96 bits per heavy atom. The van der Waals surface area contributed by atoms with Gasteiger partial charge >= 0.3 is 5.97 Å². The first kappa shape index (κ1) is 15.2. The minimum atomic E-state index is -0.905. The van der Waals surface area contributed by atoms with Gasteiger partial charge in [-0.05, 0) is 61.8 Å². The van der Waals surface area contributed by atoms with Crippen molar-refractivity contribution in [2.75, 3.05) is 6.54 Å². The van der Waals surface area contributed by atoms with Crippen LogP contribution in [0.1, 0.15) is 42.4 Å². The molecular formula is C19H21NO4. The molecule has 2 aromatic rings. The highest BCUT2D eigenvalue weighted by Gasteiger charge is 2.32. The highest BCUT2D eigenvalue weighted by molar-refractivity contribution is 5.90. The molecule has 2 heterocycles. The van der Waals surface area contributed by atoms with Crippen molar-refractivity contribution in [3.05, 3.63) is 35.1 Å². The van der Waals surface area contributed by atoms with Crippen LogP contribution in [0.5, 0.6) is 0 Å². The molecule has 24 heavy (non-hydrogen) atoms. The number of aliphatic carboxylic acids is 1. The number of amides is 1. The van der Waals surface area contributed by atoms with Crippen LogP contribution in [0.4, 0.5) is 0 Å². The smallest absolute Gasteiger partial charge is 0.326 e. The predicted octanol–water partition coefficient (Wildman–Crippen LogP) is 2.93. The Hall–Kier alpha value is -2.30. The molecule has 1 atom stereocenters. The van der Waals surface area contributed by atoms with E-state index in [9.17, 15) is 14.7 Å². The fourth-order valence-electron chi connectivity index (χ4n) is 4.04. The maximum Gasteiger partial charge on any atom is 0.326 e. The van der Waals surface area contributed by atoms with Gasteiger partial charge in [0.15, 0.2) is 0 Å². The normalized spacial score (nSPS) is 20.3. The Labute approximate surface area is 140 Å². The number of nitrogens with zero attached hydrogens (tertiary/aromatic N) is 1. The van der Waals surface area contributed by atoms with Crippen molar-refractivity contribution < 1.29 is 19.1 Å². The Bertz CT molecular complexity index is 807. The molecule has 1 saturated heterocycles. The maximum atomic E-state index is 12.7. The number of rotatable bonds is 3. The Morgan fingerprint density at radius 3 is 2.75 bits per heavy atom. The lowest BCUT2D eigenvalue weighted by molar-refractivity contribution is -0.151. The van der Waals surface area contributed by atoms with Crippen molar-refractivity contribution in [1.29, 1.82) is 0 Å². The lowest BCUT2D eigenvalue weighted by Gasteiger charge is -2.33. The summed E-state index contributed by atoms with van der Waals surface area (Å²) in [5.74, 6) is -1.02. The molecule has 1 aromatic carbocycles. The van der Waals surface area contributed by atoms with E-state index in [-0.39, 0.29) is 12.3 Å². The number of hydrogen-bond donors (Lipinski definition) is 1. The summed E-state index contributed by atoms with van der Waals surface area (Å²) >= 11 is 0. The van der Waals surface area contributed by atoms with Crippen LogP contribution in [-0.2, 0) is 28.9 Å². The van der Waals surface area contributed by atoms with E-state index in [1.807, 2.05) is 0 Å². The van der Waals surface area contributed by atoms with Crippen molar-refractivity contribution in [3.8, 4) is 0 Å². The number of likely N-dealkylation sites (tertiary alicyclic amines) is 1. The van der Waals surface area contributed by atoms with Gasteiger partial charge in [-0.1, -0.05) is 0 Å².